The Hall–Kier alpha value is -0.610. The smallest absolute Gasteiger partial charge is 0.231 e. The van der Waals surface area contributed by atoms with E-state index in [4.69, 9.17) is 23.2 Å². The molecule has 0 bridgehead atoms. The first-order valence-corrected chi connectivity index (χ1v) is 5.76. The van der Waals surface area contributed by atoms with Crippen LogP contribution in [0.15, 0.2) is 0 Å². The van der Waals surface area contributed by atoms with Crippen LogP contribution in [0.25, 0.3) is 0 Å². The lowest BCUT2D eigenvalue weighted by atomic mass is 10.0. The fourth-order valence-corrected chi connectivity index (χ4v) is 2.19. The van der Waals surface area contributed by atoms with Crippen molar-refractivity contribution in [2.45, 2.75) is 32.2 Å². The zero-order valence-electron chi connectivity index (χ0n) is 8.45. The maximum absolute atomic E-state index is 5.74. The average molecular weight is 247 g/mol. The third-order valence-electron chi connectivity index (χ3n) is 2.63. The molecule has 1 atom stereocenters. The van der Waals surface area contributed by atoms with Crippen molar-refractivity contribution in [1.82, 2.24) is 15.0 Å². The van der Waals surface area contributed by atoms with Gasteiger partial charge >= 0.3 is 0 Å². The monoisotopic (exact) mass is 246 g/mol. The standard InChI is InChI=1S/C9H12Cl2N4/c1-6-4-2-3-5-15(6)9-13-7(10)12-8(11)14-9/h6H,2-5H2,1H3. The molecule has 1 saturated heterocycles. The molecule has 1 unspecified atom stereocenters. The number of hydrogen-bond acceptors (Lipinski definition) is 4. The van der Waals surface area contributed by atoms with Gasteiger partial charge in [0.2, 0.25) is 16.5 Å². The highest BCUT2D eigenvalue weighted by Gasteiger charge is 2.21. The molecule has 2 rings (SSSR count). The lowest BCUT2D eigenvalue weighted by Gasteiger charge is -2.33. The summed E-state index contributed by atoms with van der Waals surface area (Å²) < 4.78 is 0. The lowest BCUT2D eigenvalue weighted by molar-refractivity contribution is 0.476. The van der Waals surface area contributed by atoms with Crippen LogP contribution >= 0.6 is 23.2 Å². The maximum Gasteiger partial charge on any atom is 0.231 e. The second-order valence-corrected chi connectivity index (χ2v) is 4.39. The maximum atomic E-state index is 5.74. The number of rotatable bonds is 1. The van der Waals surface area contributed by atoms with Gasteiger partial charge in [0.25, 0.3) is 0 Å². The van der Waals surface area contributed by atoms with Crippen molar-refractivity contribution in [3.8, 4) is 0 Å². The molecular formula is C9H12Cl2N4. The quantitative estimate of drug-likeness (QED) is 0.764. The van der Waals surface area contributed by atoms with Crippen molar-refractivity contribution in [2.24, 2.45) is 0 Å². The van der Waals surface area contributed by atoms with Gasteiger partial charge in [-0.25, -0.2) is 0 Å². The molecular weight excluding hydrogens is 235 g/mol. The molecule has 2 heterocycles. The van der Waals surface area contributed by atoms with E-state index in [-0.39, 0.29) is 10.6 Å². The Bertz CT molecular complexity index is 338. The van der Waals surface area contributed by atoms with E-state index in [1.165, 1.54) is 6.42 Å². The first-order chi connectivity index (χ1) is 7.16. The summed E-state index contributed by atoms with van der Waals surface area (Å²) in [4.78, 5) is 14.0. The van der Waals surface area contributed by atoms with E-state index in [0.717, 1.165) is 19.4 Å². The molecule has 82 valence electrons. The first kappa shape index (κ1) is 10.9. The van der Waals surface area contributed by atoms with Crippen molar-refractivity contribution < 1.29 is 0 Å². The second kappa shape index (κ2) is 4.49. The van der Waals surface area contributed by atoms with Gasteiger partial charge in [-0.15, -0.1) is 0 Å². The minimum atomic E-state index is 0.155. The third-order valence-corrected chi connectivity index (χ3v) is 2.97. The molecule has 1 fully saturated rings. The molecule has 0 aliphatic carbocycles. The lowest BCUT2D eigenvalue weighted by Crippen LogP contribution is -2.38. The van der Waals surface area contributed by atoms with Crippen LogP contribution in [0.3, 0.4) is 0 Å². The van der Waals surface area contributed by atoms with E-state index in [0.29, 0.717) is 12.0 Å². The van der Waals surface area contributed by atoms with Gasteiger partial charge in [-0.1, -0.05) is 0 Å². The molecule has 1 aromatic rings. The van der Waals surface area contributed by atoms with Crippen LogP contribution in [0.5, 0.6) is 0 Å². The molecule has 0 radical (unpaired) electrons. The van der Waals surface area contributed by atoms with Crippen LogP contribution in [-0.2, 0) is 0 Å². The van der Waals surface area contributed by atoms with Crippen LogP contribution in [0.2, 0.25) is 10.6 Å². The van der Waals surface area contributed by atoms with Gasteiger partial charge in [-0.05, 0) is 49.4 Å². The normalized spacial score (nSPS) is 21.8. The summed E-state index contributed by atoms with van der Waals surface area (Å²) in [6.07, 6.45) is 3.57. The minimum Gasteiger partial charge on any atom is -0.338 e. The van der Waals surface area contributed by atoms with Gasteiger partial charge in [0.05, 0.1) is 0 Å². The molecule has 4 nitrogen and oxygen atoms in total. The zero-order valence-corrected chi connectivity index (χ0v) is 9.96. The molecule has 0 saturated carbocycles. The number of halogens is 2. The Morgan fingerprint density at radius 3 is 2.40 bits per heavy atom. The van der Waals surface area contributed by atoms with Gasteiger partial charge in [-0.2, -0.15) is 15.0 Å². The molecule has 1 aromatic heterocycles. The van der Waals surface area contributed by atoms with E-state index in [1.54, 1.807) is 0 Å². The highest BCUT2D eigenvalue weighted by Crippen LogP contribution is 2.22. The van der Waals surface area contributed by atoms with E-state index in [9.17, 15) is 0 Å². The van der Waals surface area contributed by atoms with E-state index in [2.05, 4.69) is 26.8 Å². The van der Waals surface area contributed by atoms with Gasteiger partial charge in [0.15, 0.2) is 0 Å². The van der Waals surface area contributed by atoms with Crippen molar-refractivity contribution in [3.05, 3.63) is 10.6 Å². The van der Waals surface area contributed by atoms with Crippen LogP contribution in [0.1, 0.15) is 26.2 Å². The molecule has 0 amide bonds. The molecule has 0 aromatic carbocycles. The summed E-state index contributed by atoms with van der Waals surface area (Å²) in [5, 5.41) is 0.311. The van der Waals surface area contributed by atoms with Crippen LogP contribution in [0.4, 0.5) is 5.95 Å². The highest BCUT2D eigenvalue weighted by molar-refractivity contribution is 6.31. The van der Waals surface area contributed by atoms with Gasteiger partial charge in [-0.3, -0.25) is 0 Å². The summed E-state index contributed by atoms with van der Waals surface area (Å²) >= 11 is 11.5. The second-order valence-electron chi connectivity index (χ2n) is 3.71. The van der Waals surface area contributed by atoms with Gasteiger partial charge in [0, 0.05) is 12.6 Å². The number of piperidine rings is 1. The summed E-state index contributed by atoms with van der Waals surface area (Å²) in [5.74, 6) is 0.590. The summed E-state index contributed by atoms with van der Waals surface area (Å²) in [6.45, 7) is 3.11. The van der Waals surface area contributed by atoms with Crippen LogP contribution in [-0.4, -0.2) is 27.5 Å². The fourth-order valence-electron chi connectivity index (χ4n) is 1.84. The van der Waals surface area contributed by atoms with Crippen molar-refractivity contribution in [3.63, 3.8) is 0 Å². The Morgan fingerprint density at radius 2 is 1.80 bits per heavy atom. The van der Waals surface area contributed by atoms with E-state index in [1.807, 2.05) is 0 Å². The third kappa shape index (κ3) is 2.49. The average Bonchev–Trinajstić information content (AvgIpc) is 2.16. The Morgan fingerprint density at radius 1 is 1.13 bits per heavy atom. The highest BCUT2D eigenvalue weighted by atomic mass is 35.5. The summed E-state index contributed by atoms with van der Waals surface area (Å²) in [7, 11) is 0. The zero-order chi connectivity index (χ0) is 10.8. The van der Waals surface area contributed by atoms with E-state index < -0.39 is 0 Å². The van der Waals surface area contributed by atoms with Gasteiger partial charge in [0.1, 0.15) is 0 Å². The first-order valence-electron chi connectivity index (χ1n) is 5.00. The van der Waals surface area contributed by atoms with Crippen LogP contribution in [0, 0.1) is 0 Å². The fraction of sp³-hybridized carbons (Fsp3) is 0.667. The SMILES string of the molecule is CC1CCCCN1c1nc(Cl)nc(Cl)n1. The molecule has 6 heteroatoms. The van der Waals surface area contributed by atoms with Crippen LogP contribution < -0.4 is 4.90 Å². The molecule has 0 N–H and O–H groups in total. The predicted octanol–water partition coefficient (Wildman–Crippen LogP) is 2.56. The van der Waals surface area contributed by atoms with Crippen molar-refractivity contribution in [1.29, 1.82) is 0 Å². The largest absolute Gasteiger partial charge is 0.338 e. The topological polar surface area (TPSA) is 41.9 Å². The number of aromatic nitrogens is 3. The van der Waals surface area contributed by atoms with Crippen molar-refractivity contribution in [2.75, 3.05) is 11.4 Å². The molecule has 15 heavy (non-hydrogen) atoms. The minimum absolute atomic E-state index is 0.155. The molecule has 0 spiro atoms. The summed E-state index contributed by atoms with van der Waals surface area (Å²) in [5.41, 5.74) is 0. The Kier molecular flexibility index (Phi) is 3.26. The predicted molar refractivity (Wildman–Crippen MR) is 60.5 cm³/mol. The number of anilines is 1. The number of hydrogen-bond donors (Lipinski definition) is 0. The van der Waals surface area contributed by atoms with E-state index >= 15 is 0 Å². The Labute approximate surface area is 98.6 Å². The van der Waals surface area contributed by atoms with Crippen molar-refractivity contribution >= 4 is 29.2 Å². The Balaban J connectivity index is 2.27. The van der Waals surface area contributed by atoms with Gasteiger partial charge < -0.3 is 4.90 Å². The number of nitrogens with zero attached hydrogens (tertiary/aromatic N) is 4. The molecule has 1 aliphatic rings. The summed E-state index contributed by atoms with van der Waals surface area (Å²) in [6, 6.07) is 0.438. The molecule has 1 aliphatic heterocycles.